The van der Waals surface area contributed by atoms with Crippen molar-refractivity contribution in [2.45, 2.75) is 71.3 Å². The minimum Gasteiger partial charge on any atom is -0.396 e. The van der Waals surface area contributed by atoms with E-state index in [1.165, 1.54) is 44.9 Å². The van der Waals surface area contributed by atoms with Gasteiger partial charge in [-0.15, -0.1) is 0 Å². The van der Waals surface area contributed by atoms with Crippen molar-refractivity contribution in [3.63, 3.8) is 0 Å². The van der Waals surface area contributed by atoms with Crippen molar-refractivity contribution in [1.82, 2.24) is 5.32 Å². The zero-order chi connectivity index (χ0) is 11.9. The van der Waals surface area contributed by atoms with Gasteiger partial charge in [0, 0.05) is 19.2 Å². The quantitative estimate of drug-likeness (QED) is 0.756. The topological polar surface area (TPSA) is 32.3 Å². The highest BCUT2D eigenvalue weighted by atomic mass is 16.3. The number of aliphatic hydroxyl groups is 1. The Labute approximate surface area is 101 Å². The number of hydrogen-bond donors (Lipinski definition) is 2. The lowest BCUT2D eigenvalue weighted by Crippen LogP contribution is -2.37. The van der Waals surface area contributed by atoms with Crippen molar-refractivity contribution in [1.29, 1.82) is 0 Å². The first-order valence-electron chi connectivity index (χ1n) is 6.98. The lowest BCUT2D eigenvalue weighted by atomic mass is 9.88. The number of nitrogens with one attached hydrogen (secondary N) is 1. The average Bonchev–Trinajstić information content (AvgIpc) is 2.15. The molecule has 1 saturated carbocycles. The van der Waals surface area contributed by atoms with Gasteiger partial charge in [-0.3, -0.25) is 0 Å². The molecule has 0 aromatic carbocycles. The fourth-order valence-corrected chi connectivity index (χ4v) is 2.47. The molecule has 0 amide bonds. The Bertz CT molecular complexity index is 172. The monoisotopic (exact) mass is 227 g/mol. The van der Waals surface area contributed by atoms with E-state index in [2.05, 4.69) is 19.2 Å². The van der Waals surface area contributed by atoms with Crippen molar-refractivity contribution in [3.05, 3.63) is 0 Å². The molecule has 0 saturated heterocycles. The largest absolute Gasteiger partial charge is 0.396 e. The summed E-state index contributed by atoms with van der Waals surface area (Å²) >= 11 is 0. The van der Waals surface area contributed by atoms with Crippen LogP contribution in [-0.4, -0.2) is 24.3 Å². The van der Waals surface area contributed by atoms with E-state index in [0.29, 0.717) is 6.61 Å². The summed E-state index contributed by atoms with van der Waals surface area (Å²) < 4.78 is 0. The van der Waals surface area contributed by atoms with Crippen molar-refractivity contribution >= 4 is 0 Å². The maximum Gasteiger partial charge on any atom is 0.0436 e. The molecule has 0 heterocycles. The van der Waals surface area contributed by atoms with Gasteiger partial charge in [0.25, 0.3) is 0 Å². The Morgan fingerprint density at radius 2 is 1.62 bits per heavy atom. The van der Waals surface area contributed by atoms with Crippen molar-refractivity contribution in [2.75, 3.05) is 13.2 Å². The lowest BCUT2D eigenvalue weighted by molar-refractivity contribution is 0.199. The maximum atomic E-state index is 8.99. The Kier molecular flexibility index (Phi) is 6.37. The molecular weight excluding hydrogens is 198 g/mol. The third-order valence-corrected chi connectivity index (χ3v) is 3.76. The summed E-state index contributed by atoms with van der Waals surface area (Å²) in [4.78, 5) is 0. The zero-order valence-electron chi connectivity index (χ0n) is 11.1. The molecule has 0 aliphatic heterocycles. The van der Waals surface area contributed by atoms with E-state index in [1.54, 1.807) is 0 Å². The van der Waals surface area contributed by atoms with Crippen LogP contribution in [0.5, 0.6) is 0 Å². The number of aliphatic hydroxyl groups excluding tert-OH is 1. The molecule has 2 heteroatoms. The maximum absolute atomic E-state index is 8.99. The molecule has 0 atom stereocenters. The van der Waals surface area contributed by atoms with E-state index in [-0.39, 0.29) is 5.41 Å². The Balaban J connectivity index is 2.23. The van der Waals surface area contributed by atoms with Crippen molar-refractivity contribution in [3.8, 4) is 0 Å². The molecule has 16 heavy (non-hydrogen) atoms. The zero-order valence-corrected chi connectivity index (χ0v) is 11.1. The summed E-state index contributed by atoms with van der Waals surface area (Å²) in [5, 5.41) is 12.7. The molecule has 1 aliphatic rings. The van der Waals surface area contributed by atoms with Crippen LogP contribution in [0.2, 0.25) is 0 Å². The van der Waals surface area contributed by atoms with Crippen LogP contribution in [0.3, 0.4) is 0 Å². The molecule has 1 fully saturated rings. The molecule has 2 N–H and O–H groups in total. The average molecular weight is 227 g/mol. The molecule has 0 aromatic rings. The first-order valence-corrected chi connectivity index (χ1v) is 6.98. The van der Waals surface area contributed by atoms with Gasteiger partial charge in [-0.2, -0.15) is 0 Å². The normalized spacial score (nSPS) is 20.4. The fraction of sp³-hybridized carbons (Fsp3) is 1.00. The summed E-state index contributed by atoms with van der Waals surface area (Å²) in [6, 6.07) is 0.721. The van der Waals surface area contributed by atoms with Gasteiger partial charge < -0.3 is 10.4 Å². The van der Waals surface area contributed by atoms with Gasteiger partial charge in [-0.1, -0.05) is 46.0 Å². The van der Waals surface area contributed by atoms with Gasteiger partial charge in [-0.25, -0.2) is 0 Å². The molecule has 2 nitrogen and oxygen atoms in total. The highest BCUT2D eigenvalue weighted by Crippen LogP contribution is 2.21. The molecule has 1 aliphatic carbocycles. The second-order valence-electron chi connectivity index (χ2n) is 6.06. The van der Waals surface area contributed by atoms with E-state index in [1.807, 2.05) is 0 Å². The second-order valence-corrected chi connectivity index (χ2v) is 6.06. The summed E-state index contributed by atoms with van der Waals surface area (Å²) in [6.45, 7) is 5.82. The van der Waals surface area contributed by atoms with Crippen LogP contribution >= 0.6 is 0 Å². The van der Waals surface area contributed by atoms with Crippen LogP contribution in [-0.2, 0) is 0 Å². The van der Waals surface area contributed by atoms with Crippen LogP contribution < -0.4 is 5.32 Å². The van der Waals surface area contributed by atoms with Crippen LogP contribution in [0.15, 0.2) is 0 Å². The highest BCUT2D eigenvalue weighted by Gasteiger charge is 2.19. The predicted octanol–water partition coefficient (Wildman–Crippen LogP) is 3.10. The SMILES string of the molecule is CC(C)(CCO)CNC1CCCCCCC1. The third-order valence-electron chi connectivity index (χ3n) is 3.76. The van der Waals surface area contributed by atoms with Crippen LogP contribution in [0.1, 0.15) is 65.2 Å². The smallest absolute Gasteiger partial charge is 0.0436 e. The first kappa shape index (κ1) is 14.0. The number of rotatable bonds is 5. The van der Waals surface area contributed by atoms with Gasteiger partial charge in [0.1, 0.15) is 0 Å². The minimum absolute atomic E-state index is 0.233. The van der Waals surface area contributed by atoms with E-state index in [4.69, 9.17) is 5.11 Å². The summed E-state index contributed by atoms with van der Waals surface area (Å²) in [7, 11) is 0. The molecular formula is C14H29NO. The first-order chi connectivity index (χ1) is 7.64. The molecule has 0 aromatic heterocycles. The van der Waals surface area contributed by atoms with Crippen molar-refractivity contribution in [2.24, 2.45) is 5.41 Å². The van der Waals surface area contributed by atoms with Gasteiger partial charge in [0.15, 0.2) is 0 Å². The molecule has 0 unspecified atom stereocenters. The molecule has 0 radical (unpaired) electrons. The van der Waals surface area contributed by atoms with E-state index >= 15 is 0 Å². The van der Waals surface area contributed by atoms with E-state index < -0.39 is 0 Å². The highest BCUT2D eigenvalue weighted by molar-refractivity contribution is 4.76. The second kappa shape index (κ2) is 7.29. The van der Waals surface area contributed by atoms with Gasteiger partial charge in [0.2, 0.25) is 0 Å². The van der Waals surface area contributed by atoms with Crippen LogP contribution in [0.4, 0.5) is 0 Å². The lowest BCUT2D eigenvalue weighted by Gasteiger charge is -2.28. The Morgan fingerprint density at radius 1 is 1.06 bits per heavy atom. The molecule has 0 bridgehead atoms. The fourth-order valence-electron chi connectivity index (χ4n) is 2.47. The van der Waals surface area contributed by atoms with Gasteiger partial charge >= 0.3 is 0 Å². The predicted molar refractivity (Wildman–Crippen MR) is 69.6 cm³/mol. The summed E-state index contributed by atoms with van der Waals surface area (Å²) in [6.07, 6.45) is 10.6. The molecule has 96 valence electrons. The summed E-state index contributed by atoms with van der Waals surface area (Å²) in [5.74, 6) is 0. The minimum atomic E-state index is 0.233. The Hall–Kier alpha value is -0.0800. The van der Waals surface area contributed by atoms with Gasteiger partial charge in [-0.05, 0) is 24.7 Å². The van der Waals surface area contributed by atoms with Crippen LogP contribution in [0, 0.1) is 5.41 Å². The molecule has 0 spiro atoms. The molecule has 1 rings (SSSR count). The van der Waals surface area contributed by atoms with Crippen LogP contribution in [0.25, 0.3) is 0 Å². The standard InChI is InChI=1S/C14H29NO/c1-14(2,10-11-16)12-15-13-8-6-4-3-5-7-9-13/h13,15-16H,3-12H2,1-2H3. The van der Waals surface area contributed by atoms with Crippen molar-refractivity contribution < 1.29 is 5.11 Å². The van der Waals surface area contributed by atoms with Gasteiger partial charge in [0.05, 0.1) is 0 Å². The summed E-state index contributed by atoms with van der Waals surface area (Å²) in [5.41, 5.74) is 0.233. The third kappa shape index (κ3) is 5.86. The van der Waals surface area contributed by atoms with E-state index in [0.717, 1.165) is 19.0 Å². The van der Waals surface area contributed by atoms with E-state index in [9.17, 15) is 0 Å². The Morgan fingerprint density at radius 3 is 2.19 bits per heavy atom. The number of hydrogen-bond acceptors (Lipinski definition) is 2.